The number of hydrogen-bond donors (Lipinski definition) is 0. The maximum absolute atomic E-state index is 14.3. The number of carbonyl (C=O) groups excluding carboxylic acids is 1. The first-order chi connectivity index (χ1) is 14.6. The fourth-order valence-corrected chi connectivity index (χ4v) is 3.43. The molecule has 0 atom stereocenters. The molecule has 1 amide bonds. The third-order valence-electron chi connectivity index (χ3n) is 4.86. The Morgan fingerprint density at radius 3 is 2.73 bits per heavy atom. The number of nitrogens with zero attached hydrogens (tertiary/aromatic N) is 3. The molecule has 3 rings (SSSR count). The molecule has 0 N–H and O–H groups in total. The molecule has 1 aromatic heterocycles. The topological polar surface area (TPSA) is 38.1 Å². The minimum Gasteiger partial charge on any atom is -0.331 e. The molecule has 158 valence electrons. The van der Waals surface area contributed by atoms with E-state index in [1.54, 1.807) is 0 Å². The summed E-state index contributed by atoms with van der Waals surface area (Å²) in [6.45, 7) is 3.18. The number of fused-ring (bicyclic) bond motifs is 1. The van der Waals surface area contributed by atoms with Crippen LogP contribution in [-0.4, -0.2) is 32.8 Å². The van der Waals surface area contributed by atoms with Gasteiger partial charge in [0.25, 0.3) is 5.91 Å². The maximum atomic E-state index is 14.3. The van der Waals surface area contributed by atoms with Crippen LogP contribution in [0, 0.1) is 11.6 Å². The Morgan fingerprint density at radius 2 is 1.97 bits per heavy atom. The number of allylic oxidation sites excluding steroid dienone is 2. The van der Waals surface area contributed by atoms with E-state index in [4.69, 9.17) is 11.6 Å². The quantitative estimate of drug-likeness (QED) is 0.329. The Hall–Kier alpha value is -2.73. The number of hydrogen-bond acceptors (Lipinski definition) is 2. The zero-order valence-corrected chi connectivity index (χ0v) is 17.6. The molecule has 0 aliphatic carbocycles. The van der Waals surface area contributed by atoms with Gasteiger partial charge in [-0.25, -0.2) is 13.8 Å². The van der Waals surface area contributed by atoms with Gasteiger partial charge in [-0.1, -0.05) is 43.7 Å². The largest absolute Gasteiger partial charge is 0.331 e. The smallest absolute Gasteiger partial charge is 0.257 e. The number of amides is 1. The highest BCUT2D eigenvalue weighted by molar-refractivity contribution is 6.18. The molecule has 30 heavy (non-hydrogen) atoms. The van der Waals surface area contributed by atoms with E-state index in [-0.39, 0.29) is 12.1 Å². The lowest BCUT2D eigenvalue weighted by Gasteiger charge is -2.23. The van der Waals surface area contributed by atoms with Crippen molar-refractivity contribution in [1.82, 2.24) is 14.5 Å². The molecular weight excluding hydrogens is 408 g/mol. The number of alkyl halides is 1. The first-order valence-corrected chi connectivity index (χ1v) is 10.5. The van der Waals surface area contributed by atoms with Gasteiger partial charge in [-0.15, -0.1) is 11.6 Å². The number of unbranched alkanes of at least 4 members (excludes halogenated alkanes) is 1. The van der Waals surface area contributed by atoms with Gasteiger partial charge < -0.3 is 9.47 Å². The van der Waals surface area contributed by atoms with Gasteiger partial charge in [0.2, 0.25) is 0 Å². The van der Waals surface area contributed by atoms with Crippen molar-refractivity contribution in [2.45, 2.75) is 32.9 Å². The van der Waals surface area contributed by atoms with Crippen LogP contribution in [0.3, 0.4) is 0 Å². The van der Waals surface area contributed by atoms with Gasteiger partial charge in [0.15, 0.2) is 11.6 Å². The summed E-state index contributed by atoms with van der Waals surface area (Å²) in [6, 6.07) is 11.4. The van der Waals surface area contributed by atoms with E-state index in [1.807, 2.05) is 47.9 Å². The van der Waals surface area contributed by atoms with Gasteiger partial charge in [0.05, 0.1) is 23.1 Å². The molecular formula is C23H24ClF2N3O. The Morgan fingerprint density at radius 1 is 1.17 bits per heavy atom. The van der Waals surface area contributed by atoms with E-state index in [9.17, 15) is 13.6 Å². The molecule has 3 aromatic rings. The van der Waals surface area contributed by atoms with Gasteiger partial charge in [0.1, 0.15) is 5.82 Å². The molecule has 4 nitrogen and oxygen atoms in total. The van der Waals surface area contributed by atoms with Crippen molar-refractivity contribution in [3.05, 3.63) is 77.6 Å². The lowest BCUT2D eigenvalue weighted by molar-refractivity contribution is 0.0729. The number of imidazole rings is 1. The number of para-hydroxylation sites is 2. The fourth-order valence-electron chi connectivity index (χ4n) is 3.30. The summed E-state index contributed by atoms with van der Waals surface area (Å²) < 4.78 is 29.9. The van der Waals surface area contributed by atoms with E-state index in [0.717, 1.165) is 29.9 Å². The Balaban J connectivity index is 1.97. The molecule has 7 heteroatoms. The van der Waals surface area contributed by atoms with Gasteiger partial charge in [-0.3, -0.25) is 4.79 Å². The van der Waals surface area contributed by atoms with Crippen LogP contribution in [0.4, 0.5) is 8.78 Å². The minimum absolute atomic E-state index is 0.193. The molecule has 0 aliphatic rings. The van der Waals surface area contributed by atoms with E-state index in [2.05, 4.69) is 4.98 Å². The van der Waals surface area contributed by atoms with Crippen molar-refractivity contribution in [2.75, 3.05) is 12.4 Å². The summed E-state index contributed by atoms with van der Waals surface area (Å²) in [6.07, 6.45) is 5.40. The second-order valence-corrected chi connectivity index (χ2v) is 7.24. The normalized spacial score (nSPS) is 11.5. The summed E-state index contributed by atoms with van der Waals surface area (Å²) >= 11 is 5.75. The van der Waals surface area contributed by atoms with Crippen LogP contribution >= 0.6 is 11.6 Å². The van der Waals surface area contributed by atoms with Crippen LogP contribution in [0.5, 0.6) is 0 Å². The van der Waals surface area contributed by atoms with Gasteiger partial charge in [-0.2, -0.15) is 0 Å². The standard InChI is InChI=1S/C23H24ClF2N3O/c1-2-3-14-28(23(30)17-9-8-10-18(25)22(17)26)16-21-27-19-11-4-5-12-20(19)29(21)15-7-6-13-24/h4-12H,2-3,13-16H2,1H3/b7-6-. The van der Waals surface area contributed by atoms with Crippen LogP contribution in [-0.2, 0) is 13.1 Å². The second kappa shape index (κ2) is 10.3. The van der Waals surface area contributed by atoms with Crippen LogP contribution in [0.2, 0.25) is 0 Å². The van der Waals surface area contributed by atoms with Gasteiger partial charge >= 0.3 is 0 Å². The van der Waals surface area contributed by atoms with Crippen molar-refractivity contribution < 1.29 is 13.6 Å². The van der Waals surface area contributed by atoms with Crippen molar-refractivity contribution in [2.24, 2.45) is 0 Å². The van der Waals surface area contributed by atoms with Gasteiger partial charge in [-0.05, 0) is 30.7 Å². The minimum atomic E-state index is -1.12. The van der Waals surface area contributed by atoms with Crippen LogP contribution in [0.25, 0.3) is 11.0 Å². The average Bonchev–Trinajstić information content (AvgIpc) is 3.10. The molecule has 0 aliphatic heterocycles. The summed E-state index contributed by atoms with van der Waals surface area (Å²) in [4.78, 5) is 19.3. The molecule has 0 unspecified atom stereocenters. The highest BCUT2D eigenvalue weighted by atomic mass is 35.5. The maximum Gasteiger partial charge on any atom is 0.257 e. The summed E-state index contributed by atoms with van der Waals surface area (Å²) in [7, 11) is 0. The van der Waals surface area contributed by atoms with Crippen LogP contribution in [0.1, 0.15) is 35.9 Å². The number of rotatable bonds is 9. The molecule has 0 fully saturated rings. The zero-order chi connectivity index (χ0) is 21.5. The number of aromatic nitrogens is 2. The molecule has 0 bridgehead atoms. The fraction of sp³-hybridized carbons (Fsp3) is 0.304. The SMILES string of the molecule is CCCCN(Cc1nc2ccccc2n1C/C=C\CCl)C(=O)c1cccc(F)c1F. The average molecular weight is 432 g/mol. The lowest BCUT2D eigenvalue weighted by Crippen LogP contribution is -2.33. The Labute approximate surface area is 179 Å². The second-order valence-electron chi connectivity index (χ2n) is 6.93. The highest BCUT2D eigenvalue weighted by Crippen LogP contribution is 2.20. The van der Waals surface area contributed by atoms with Crippen molar-refractivity contribution >= 4 is 28.5 Å². The van der Waals surface area contributed by atoms with E-state index >= 15 is 0 Å². The third-order valence-corrected chi connectivity index (χ3v) is 5.04. The van der Waals surface area contributed by atoms with Gasteiger partial charge in [0, 0.05) is 19.0 Å². The van der Waals surface area contributed by atoms with E-state index in [1.165, 1.54) is 17.0 Å². The monoisotopic (exact) mass is 431 g/mol. The number of halogens is 3. The predicted octanol–water partition coefficient (Wildman–Crippen LogP) is 5.55. The molecule has 2 aromatic carbocycles. The first kappa shape index (κ1) is 22.0. The molecule has 0 radical (unpaired) electrons. The van der Waals surface area contributed by atoms with Crippen molar-refractivity contribution in [3.63, 3.8) is 0 Å². The Kier molecular flexibility index (Phi) is 7.57. The summed E-state index contributed by atoms with van der Waals surface area (Å²) in [5.41, 5.74) is 1.48. The molecule has 1 heterocycles. The highest BCUT2D eigenvalue weighted by Gasteiger charge is 2.23. The summed E-state index contributed by atoms with van der Waals surface area (Å²) in [5.74, 6) is -1.62. The predicted molar refractivity (Wildman–Crippen MR) is 116 cm³/mol. The molecule has 0 saturated carbocycles. The number of benzene rings is 2. The molecule has 0 spiro atoms. The van der Waals surface area contributed by atoms with Crippen molar-refractivity contribution in [1.29, 1.82) is 0 Å². The summed E-state index contributed by atoms with van der Waals surface area (Å²) in [5, 5.41) is 0. The van der Waals surface area contributed by atoms with Crippen LogP contribution in [0.15, 0.2) is 54.6 Å². The number of carbonyl (C=O) groups is 1. The third kappa shape index (κ3) is 4.87. The van der Waals surface area contributed by atoms with E-state index in [0.29, 0.717) is 24.8 Å². The first-order valence-electron chi connectivity index (χ1n) is 9.95. The van der Waals surface area contributed by atoms with Crippen molar-refractivity contribution in [3.8, 4) is 0 Å². The van der Waals surface area contributed by atoms with E-state index < -0.39 is 17.5 Å². The van der Waals surface area contributed by atoms with Crippen LogP contribution < -0.4 is 0 Å². The zero-order valence-electron chi connectivity index (χ0n) is 16.8. The lowest BCUT2D eigenvalue weighted by atomic mass is 10.1. The molecule has 0 saturated heterocycles. The Bertz CT molecular complexity index is 1050.